The van der Waals surface area contributed by atoms with E-state index in [1.54, 1.807) is 7.11 Å². The largest absolute Gasteiger partial charge is 0.496 e. The quantitative estimate of drug-likeness (QED) is 0.605. The van der Waals surface area contributed by atoms with E-state index in [9.17, 15) is 0 Å². The summed E-state index contributed by atoms with van der Waals surface area (Å²) in [6, 6.07) is 10.3. The molecular weight excluding hydrogens is 292 g/mol. The highest BCUT2D eigenvalue weighted by Crippen LogP contribution is 2.33. The average molecular weight is 309 g/mol. The van der Waals surface area contributed by atoms with Crippen LogP contribution in [0.1, 0.15) is 12.0 Å². The first kappa shape index (κ1) is 13.2. The molecule has 0 aliphatic rings. The van der Waals surface area contributed by atoms with Crippen molar-refractivity contribution in [1.82, 2.24) is 0 Å². The topological polar surface area (TPSA) is 18.5 Å². The molecule has 2 aromatic rings. The Morgan fingerprint density at radius 3 is 2.56 bits per heavy atom. The molecule has 18 heavy (non-hydrogen) atoms. The molecule has 0 radical (unpaired) electrons. The Labute approximate surface area is 116 Å². The standard InChI is InChI=1S/C15H17BrO2/c1-11-4-5-12-13(10-11)15(18-9-3-8-16)7-6-14(12)17-2/h4-7,10H,3,8-9H2,1-2H3. The van der Waals surface area contributed by atoms with Gasteiger partial charge in [-0.3, -0.25) is 0 Å². The molecule has 0 heterocycles. The van der Waals surface area contributed by atoms with Gasteiger partial charge in [-0.05, 0) is 31.5 Å². The summed E-state index contributed by atoms with van der Waals surface area (Å²) in [6.07, 6.45) is 0.999. The van der Waals surface area contributed by atoms with Gasteiger partial charge in [-0.15, -0.1) is 0 Å². The maximum atomic E-state index is 5.83. The van der Waals surface area contributed by atoms with Crippen molar-refractivity contribution >= 4 is 26.7 Å². The van der Waals surface area contributed by atoms with Crippen LogP contribution in [0, 0.1) is 6.92 Å². The van der Waals surface area contributed by atoms with E-state index in [1.165, 1.54) is 5.56 Å². The Morgan fingerprint density at radius 2 is 1.83 bits per heavy atom. The molecule has 0 bridgehead atoms. The lowest BCUT2D eigenvalue weighted by atomic mass is 10.1. The second-order valence-electron chi connectivity index (χ2n) is 4.21. The Balaban J connectivity index is 2.43. The van der Waals surface area contributed by atoms with Gasteiger partial charge in [0.1, 0.15) is 11.5 Å². The predicted octanol–water partition coefficient (Wildman–Crippen LogP) is 4.32. The smallest absolute Gasteiger partial charge is 0.127 e. The van der Waals surface area contributed by atoms with E-state index in [2.05, 4.69) is 41.1 Å². The summed E-state index contributed by atoms with van der Waals surface area (Å²) < 4.78 is 11.2. The van der Waals surface area contributed by atoms with Crippen LogP contribution in [0.2, 0.25) is 0 Å². The highest BCUT2D eigenvalue weighted by atomic mass is 79.9. The van der Waals surface area contributed by atoms with Crippen molar-refractivity contribution < 1.29 is 9.47 Å². The molecule has 0 saturated heterocycles. The van der Waals surface area contributed by atoms with E-state index in [0.717, 1.165) is 40.6 Å². The van der Waals surface area contributed by atoms with Crippen molar-refractivity contribution in [1.29, 1.82) is 0 Å². The highest BCUT2D eigenvalue weighted by molar-refractivity contribution is 9.09. The number of benzene rings is 2. The lowest BCUT2D eigenvalue weighted by molar-refractivity contribution is 0.322. The van der Waals surface area contributed by atoms with Crippen LogP contribution in [0.15, 0.2) is 30.3 Å². The number of fused-ring (bicyclic) bond motifs is 1. The molecule has 0 fully saturated rings. The monoisotopic (exact) mass is 308 g/mol. The van der Waals surface area contributed by atoms with Crippen LogP contribution in [-0.2, 0) is 0 Å². The Bertz CT molecular complexity index is 537. The van der Waals surface area contributed by atoms with Gasteiger partial charge in [0.2, 0.25) is 0 Å². The van der Waals surface area contributed by atoms with Crippen molar-refractivity contribution in [2.24, 2.45) is 0 Å². The van der Waals surface area contributed by atoms with Crippen molar-refractivity contribution in [3.05, 3.63) is 35.9 Å². The maximum Gasteiger partial charge on any atom is 0.127 e. The predicted molar refractivity (Wildman–Crippen MR) is 79.1 cm³/mol. The third-order valence-electron chi connectivity index (χ3n) is 2.85. The minimum absolute atomic E-state index is 0.723. The first-order valence-corrected chi connectivity index (χ1v) is 7.14. The molecule has 0 unspecified atom stereocenters. The van der Waals surface area contributed by atoms with Crippen LogP contribution in [0.4, 0.5) is 0 Å². The molecule has 2 nitrogen and oxygen atoms in total. The molecule has 0 N–H and O–H groups in total. The first-order chi connectivity index (χ1) is 8.76. The molecule has 0 spiro atoms. The van der Waals surface area contributed by atoms with Crippen LogP contribution in [0.3, 0.4) is 0 Å². The second kappa shape index (κ2) is 6.10. The average Bonchev–Trinajstić information content (AvgIpc) is 2.39. The molecule has 0 saturated carbocycles. The number of halogens is 1. The molecule has 0 atom stereocenters. The van der Waals surface area contributed by atoms with E-state index >= 15 is 0 Å². The Hall–Kier alpha value is -1.22. The number of rotatable bonds is 5. The van der Waals surface area contributed by atoms with Gasteiger partial charge in [-0.25, -0.2) is 0 Å². The fourth-order valence-corrected chi connectivity index (χ4v) is 2.18. The van der Waals surface area contributed by atoms with Gasteiger partial charge in [0.15, 0.2) is 0 Å². The van der Waals surface area contributed by atoms with E-state index < -0.39 is 0 Å². The summed E-state index contributed by atoms with van der Waals surface area (Å²) in [5, 5.41) is 3.17. The van der Waals surface area contributed by atoms with E-state index in [1.807, 2.05) is 12.1 Å². The Kier molecular flexibility index (Phi) is 4.48. The number of methoxy groups -OCH3 is 1. The summed E-state index contributed by atoms with van der Waals surface area (Å²) in [5.41, 5.74) is 1.22. The number of hydrogen-bond acceptors (Lipinski definition) is 2. The van der Waals surface area contributed by atoms with Crippen molar-refractivity contribution in [3.63, 3.8) is 0 Å². The lowest BCUT2D eigenvalue weighted by Crippen LogP contribution is -1.98. The van der Waals surface area contributed by atoms with E-state index in [4.69, 9.17) is 9.47 Å². The highest BCUT2D eigenvalue weighted by Gasteiger charge is 2.07. The van der Waals surface area contributed by atoms with Crippen molar-refractivity contribution in [2.45, 2.75) is 13.3 Å². The summed E-state index contributed by atoms with van der Waals surface area (Å²) >= 11 is 3.41. The fraction of sp³-hybridized carbons (Fsp3) is 0.333. The van der Waals surface area contributed by atoms with Gasteiger partial charge in [-0.1, -0.05) is 33.6 Å². The van der Waals surface area contributed by atoms with E-state index in [0.29, 0.717) is 0 Å². The molecule has 2 rings (SSSR count). The number of ether oxygens (including phenoxy) is 2. The van der Waals surface area contributed by atoms with Gasteiger partial charge in [0.25, 0.3) is 0 Å². The molecular formula is C15H17BrO2. The first-order valence-electron chi connectivity index (χ1n) is 6.02. The third kappa shape index (κ3) is 2.78. The SMILES string of the molecule is COc1ccc(OCCCBr)c2cc(C)ccc12. The van der Waals surface area contributed by atoms with Crippen molar-refractivity contribution in [3.8, 4) is 11.5 Å². The zero-order valence-corrected chi connectivity index (χ0v) is 12.3. The van der Waals surface area contributed by atoms with Crippen LogP contribution >= 0.6 is 15.9 Å². The van der Waals surface area contributed by atoms with Gasteiger partial charge >= 0.3 is 0 Å². The van der Waals surface area contributed by atoms with Crippen molar-refractivity contribution in [2.75, 3.05) is 19.0 Å². The van der Waals surface area contributed by atoms with Gasteiger partial charge in [0.05, 0.1) is 13.7 Å². The third-order valence-corrected chi connectivity index (χ3v) is 3.41. The van der Waals surface area contributed by atoms with Crippen LogP contribution in [0.5, 0.6) is 11.5 Å². The molecule has 0 aliphatic carbocycles. The zero-order chi connectivity index (χ0) is 13.0. The molecule has 0 aliphatic heterocycles. The van der Waals surface area contributed by atoms with Crippen LogP contribution in [0.25, 0.3) is 10.8 Å². The summed E-state index contributed by atoms with van der Waals surface area (Å²) in [4.78, 5) is 0. The molecule has 96 valence electrons. The molecule has 2 aromatic carbocycles. The number of alkyl halides is 1. The van der Waals surface area contributed by atoms with E-state index in [-0.39, 0.29) is 0 Å². The maximum absolute atomic E-state index is 5.83. The summed E-state index contributed by atoms with van der Waals surface area (Å²) in [5.74, 6) is 1.81. The molecule has 3 heteroatoms. The van der Waals surface area contributed by atoms with Gasteiger partial charge in [-0.2, -0.15) is 0 Å². The van der Waals surface area contributed by atoms with Crippen LogP contribution in [-0.4, -0.2) is 19.0 Å². The fourth-order valence-electron chi connectivity index (χ4n) is 1.95. The number of aryl methyl sites for hydroxylation is 1. The minimum atomic E-state index is 0.723. The van der Waals surface area contributed by atoms with Gasteiger partial charge in [0, 0.05) is 16.1 Å². The number of hydrogen-bond donors (Lipinski definition) is 0. The minimum Gasteiger partial charge on any atom is -0.496 e. The zero-order valence-electron chi connectivity index (χ0n) is 10.7. The normalized spacial score (nSPS) is 10.6. The van der Waals surface area contributed by atoms with Gasteiger partial charge < -0.3 is 9.47 Å². The van der Waals surface area contributed by atoms with Crippen LogP contribution < -0.4 is 9.47 Å². The second-order valence-corrected chi connectivity index (χ2v) is 5.00. The summed E-state index contributed by atoms with van der Waals surface area (Å²) in [6.45, 7) is 2.81. The Morgan fingerprint density at radius 1 is 1.06 bits per heavy atom. The molecule has 0 amide bonds. The lowest BCUT2D eigenvalue weighted by Gasteiger charge is -2.12. The molecule has 0 aromatic heterocycles. The summed E-state index contributed by atoms with van der Waals surface area (Å²) in [7, 11) is 1.69.